The lowest BCUT2D eigenvalue weighted by atomic mass is 10.1. The molecule has 0 amide bonds. The first-order valence-corrected chi connectivity index (χ1v) is 6.96. The van der Waals surface area contributed by atoms with Crippen molar-refractivity contribution in [2.75, 3.05) is 17.6 Å². The molecule has 110 valence electrons. The van der Waals surface area contributed by atoms with E-state index in [0.717, 1.165) is 35.4 Å². The van der Waals surface area contributed by atoms with Gasteiger partial charge in [-0.15, -0.1) is 0 Å². The van der Waals surface area contributed by atoms with Crippen LogP contribution in [0.1, 0.15) is 17.7 Å². The summed E-state index contributed by atoms with van der Waals surface area (Å²) in [5.41, 5.74) is 7.73. The van der Waals surface area contributed by atoms with E-state index in [2.05, 4.69) is 31.6 Å². The summed E-state index contributed by atoms with van der Waals surface area (Å²) in [5.74, 6) is 1.07. The first-order valence-electron chi connectivity index (χ1n) is 6.96. The van der Waals surface area contributed by atoms with E-state index in [1.54, 1.807) is 6.33 Å². The number of hydrogen-bond acceptors (Lipinski definition) is 6. The zero-order valence-corrected chi connectivity index (χ0v) is 11.9. The molecule has 4 N–H and O–H groups in total. The molecule has 22 heavy (non-hydrogen) atoms. The van der Waals surface area contributed by atoms with Crippen LogP contribution in [-0.4, -0.2) is 26.7 Å². The van der Waals surface area contributed by atoms with Gasteiger partial charge in [0.1, 0.15) is 23.8 Å². The van der Waals surface area contributed by atoms with Crippen LogP contribution in [0.5, 0.6) is 0 Å². The van der Waals surface area contributed by atoms with Gasteiger partial charge in [-0.05, 0) is 25.0 Å². The van der Waals surface area contributed by atoms with E-state index in [1.807, 2.05) is 24.3 Å². The van der Waals surface area contributed by atoms with Crippen molar-refractivity contribution in [3.05, 3.63) is 41.9 Å². The first kappa shape index (κ1) is 13.8. The summed E-state index contributed by atoms with van der Waals surface area (Å²) in [5, 5.41) is 20.0. The van der Waals surface area contributed by atoms with E-state index >= 15 is 0 Å². The van der Waals surface area contributed by atoms with E-state index in [0.29, 0.717) is 12.0 Å². The van der Waals surface area contributed by atoms with Gasteiger partial charge in [0.15, 0.2) is 5.82 Å². The van der Waals surface area contributed by atoms with E-state index in [1.165, 1.54) is 0 Å². The largest absolute Gasteiger partial charge is 0.381 e. The van der Waals surface area contributed by atoms with E-state index in [4.69, 9.17) is 11.0 Å². The molecular weight excluding hydrogens is 278 g/mol. The predicted molar refractivity (Wildman–Crippen MR) is 84.1 cm³/mol. The minimum Gasteiger partial charge on any atom is -0.381 e. The molecule has 0 atom stereocenters. The molecule has 0 aliphatic carbocycles. The normalized spacial score (nSPS) is 10.5. The Balaban J connectivity index is 1.62. The van der Waals surface area contributed by atoms with Crippen LogP contribution < -0.4 is 11.1 Å². The SMILES string of the molecule is N#Cc1c(N)n[nH]c1CCCNc1ncnc2ccccc12. The lowest BCUT2D eigenvalue weighted by Crippen LogP contribution is -2.06. The summed E-state index contributed by atoms with van der Waals surface area (Å²) >= 11 is 0. The molecule has 0 unspecified atom stereocenters. The highest BCUT2D eigenvalue weighted by Gasteiger charge is 2.09. The van der Waals surface area contributed by atoms with Crippen molar-refractivity contribution in [2.24, 2.45) is 0 Å². The van der Waals surface area contributed by atoms with Gasteiger partial charge in [-0.3, -0.25) is 5.10 Å². The van der Waals surface area contributed by atoms with Crippen LogP contribution in [-0.2, 0) is 6.42 Å². The number of nitrogens with zero attached hydrogens (tertiary/aromatic N) is 4. The number of benzene rings is 1. The van der Waals surface area contributed by atoms with Crippen LogP contribution in [0.15, 0.2) is 30.6 Å². The molecule has 2 heterocycles. The van der Waals surface area contributed by atoms with Crippen molar-refractivity contribution in [3.8, 4) is 6.07 Å². The van der Waals surface area contributed by atoms with Gasteiger partial charge in [-0.1, -0.05) is 12.1 Å². The second-order valence-electron chi connectivity index (χ2n) is 4.84. The Bertz CT molecular complexity index is 826. The number of nitriles is 1. The minimum absolute atomic E-state index is 0.257. The molecule has 2 aromatic heterocycles. The van der Waals surface area contributed by atoms with Crippen molar-refractivity contribution in [1.82, 2.24) is 20.2 Å². The minimum atomic E-state index is 0.257. The number of aromatic amines is 1. The molecule has 0 fully saturated rings. The van der Waals surface area contributed by atoms with Gasteiger partial charge < -0.3 is 11.1 Å². The number of H-pyrrole nitrogens is 1. The molecule has 7 nitrogen and oxygen atoms in total. The fraction of sp³-hybridized carbons (Fsp3) is 0.200. The third-order valence-corrected chi connectivity index (χ3v) is 3.42. The molecule has 0 saturated heterocycles. The third kappa shape index (κ3) is 2.67. The zero-order valence-electron chi connectivity index (χ0n) is 11.9. The third-order valence-electron chi connectivity index (χ3n) is 3.42. The summed E-state index contributed by atoms with van der Waals surface area (Å²) in [4.78, 5) is 8.50. The molecule has 0 radical (unpaired) electrons. The Morgan fingerprint density at radius 3 is 3.00 bits per heavy atom. The monoisotopic (exact) mass is 293 g/mol. The molecule has 0 bridgehead atoms. The summed E-state index contributed by atoms with van der Waals surface area (Å²) in [6, 6.07) is 9.92. The smallest absolute Gasteiger partial charge is 0.163 e. The number of anilines is 2. The number of aryl methyl sites for hydroxylation is 1. The molecule has 3 aromatic rings. The van der Waals surface area contributed by atoms with Crippen LogP contribution in [0, 0.1) is 11.3 Å². The summed E-state index contributed by atoms with van der Waals surface area (Å²) in [6.45, 7) is 0.727. The van der Waals surface area contributed by atoms with Crippen LogP contribution in [0.25, 0.3) is 10.9 Å². The fourth-order valence-electron chi connectivity index (χ4n) is 2.32. The number of nitrogens with one attached hydrogen (secondary N) is 2. The lowest BCUT2D eigenvalue weighted by Gasteiger charge is -2.07. The molecule has 0 spiro atoms. The number of fused-ring (bicyclic) bond motifs is 1. The molecule has 0 aliphatic heterocycles. The van der Waals surface area contributed by atoms with Gasteiger partial charge in [-0.2, -0.15) is 10.4 Å². The van der Waals surface area contributed by atoms with Gasteiger partial charge in [0.25, 0.3) is 0 Å². The summed E-state index contributed by atoms with van der Waals surface area (Å²) in [6.07, 6.45) is 3.08. The summed E-state index contributed by atoms with van der Waals surface area (Å²) < 4.78 is 0. The van der Waals surface area contributed by atoms with Gasteiger partial charge in [0.05, 0.1) is 11.2 Å². The average molecular weight is 293 g/mol. The lowest BCUT2D eigenvalue weighted by molar-refractivity contribution is 0.823. The number of rotatable bonds is 5. The second kappa shape index (κ2) is 6.10. The second-order valence-corrected chi connectivity index (χ2v) is 4.84. The van der Waals surface area contributed by atoms with Crippen molar-refractivity contribution in [1.29, 1.82) is 5.26 Å². The van der Waals surface area contributed by atoms with Gasteiger partial charge >= 0.3 is 0 Å². The van der Waals surface area contributed by atoms with Crippen molar-refractivity contribution in [2.45, 2.75) is 12.8 Å². The highest BCUT2D eigenvalue weighted by molar-refractivity contribution is 5.88. The molecule has 3 rings (SSSR count). The number of para-hydroxylation sites is 1. The van der Waals surface area contributed by atoms with Crippen LogP contribution in [0.4, 0.5) is 11.6 Å². The Hall–Kier alpha value is -3.14. The van der Waals surface area contributed by atoms with Gasteiger partial charge in [0.2, 0.25) is 0 Å². The number of hydrogen-bond donors (Lipinski definition) is 3. The quantitative estimate of drug-likeness (QED) is 0.618. The topological polar surface area (TPSA) is 116 Å². The first-order chi connectivity index (χ1) is 10.8. The highest BCUT2D eigenvalue weighted by atomic mass is 15.2. The number of aromatic nitrogens is 4. The maximum absolute atomic E-state index is 9.02. The summed E-state index contributed by atoms with van der Waals surface area (Å²) in [7, 11) is 0. The number of nitrogens with two attached hydrogens (primary N) is 1. The molecule has 1 aromatic carbocycles. The average Bonchev–Trinajstić information content (AvgIpc) is 2.91. The van der Waals surface area contributed by atoms with Crippen LogP contribution >= 0.6 is 0 Å². The Morgan fingerprint density at radius 2 is 2.14 bits per heavy atom. The van der Waals surface area contributed by atoms with Gasteiger partial charge in [0, 0.05) is 11.9 Å². The van der Waals surface area contributed by atoms with E-state index in [9.17, 15) is 0 Å². The highest BCUT2D eigenvalue weighted by Crippen LogP contribution is 2.18. The molecule has 0 aliphatic rings. The Kier molecular flexibility index (Phi) is 3.83. The standard InChI is InChI=1S/C15H15N7/c16-8-11-13(21-22-14(11)17)6-3-7-18-15-10-4-1-2-5-12(10)19-9-20-15/h1-2,4-5,9H,3,6-7H2,(H3,17,21,22)(H,18,19,20). The van der Waals surface area contributed by atoms with E-state index < -0.39 is 0 Å². The van der Waals surface area contributed by atoms with Crippen LogP contribution in [0.3, 0.4) is 0 Å². The van der Waals surface area contributed by atoms with E-state index in [-0.39, 0.29) is 5.82 Å². The zero-order chi connectivity index (χ0) is 15.4. The predicted octanol–water partition coefficient (Wildman–Crippen LogP) is 1.85. The maximum atomic E-state index is 9.02. The fourth-order valence-corrected chi connectivity index (χ4v) is 2.32. The van der Waals surface area contributed by atoms with Crippen molar-refractivity contribution in [3.63, 3.8) is 0 Å². The van der Waals surface area contributed by atoms with Gasteiger partial charge in [-0.25, -0.2) is 9.97 Å². The molecule has 7 heteroatoms. The van der Waals surface area contributed by atoms with Crippen LogP contribution in [0.2, 0.25) is 0 Å². The molecule has 0 saturated carbocycles. The Morgan fingerprint density at radius 1 is 1.27 bits per heavy atom. The molecular formula is C15H15N7. The van der Waals surface area contributed by atoms with Crippen molar-refractivity contribution >= 4 is 22.5 Å². The van der Waals surface area contributed by atoms with Crippen molar-refractivity contribution < 1.29 is 0 Å². The Labute approximate surface area is 127 Å². The maximum Gasteiger partial charge on any atom is 0.163 e. The number of nitrogen functional groups attached to an aromatic ring is 1.